The molecule has 0 aliphatic heterocycles. The molecule has 10 heteroatoms. The maximum Gasteiger partial charge on any atom is 0.416 e. The summed E-state index contributed by atoms with van der Waals surface area (Å²) in [7, 11) is 0. The van der Waals surface area contributed by atoms with Crippen molar-refractivity contribution in [3.63, 3.8) is 0 Å². The fourth-order valence-electron chi connectivity index (χ4n) is 2.58. The number of carbonyl (C=O) groups excluding carboxylic acids is 1. The molecule has 0 saturated carbocycles. The Morgan fingerprint density at radius 2 is 1.47 bits per heavy atom. The fourth-order valence-corrected chi connectivity index (χ4v) is 2.58. The molecule has 0 radical (unpaired) electrons. The zero-order valence-electron chi connectivity index (χ0n) is 17.4. The van der Waals surface area contributed by atoms with E-state index in [9.17, 15) is 18.0 Å². The molecule has 2 aromatic rings. The topological polar surface area (TPSA) is 86.3 Å². The molecule has 0 aromatic heterocycles. The van der Waals surface area contributed by atoms with Gasteiger partial charge in [0, 0.05) is 5.69 Å². The zero-order valence-corrected chi connectivity index (χ0v) is 17.4. The Morgan fingerprint density at radius 3 is 2.12 bits per heavy atom. The summed E-state index contributed by atoms with van der Waals surface area (Å²) in [5.41, 5.74) is -0.0720. The Bertz CT molecular complexity index is 831. The summed E-state index contributed by atoms with van der Waals surface area (Å²) in [6, 6.07) is 11.1. The van der Waals surface area contributed by atoms with Gasteiger partial charge in [0.15, 0.2) is 0 Å². The smallest absolute Gasteiger partial charge is 0.416 e. The molecule has 7 nitrogen and oxygen atoms in total. The quantitative estimate of drug-likeness (QED) is 0.331. The van der Waals surface area contributed by atoms with Crippen LogP contribution in [0.5, 0.6) is 0 Å². The van der Waals surface area contributed by atoms with Gasteiger partial charge in [0.05, 0.1) is 63.1 Å². The minimum absolute atomic E-state index is 0.0103. The molecule has 0 bridgehead atoms. The highest BCUT2D eigenvalue weighted by atomic mass is 19.4. The number of ether oxygens (including phenoxy) is 4. The Kier molecular flexibility index (Phi) is 10.9. The lowest BCUT2D eigenvalue weighted by Crippen LogP contribution is -2.15. The molecule has 0 aliphatic carbocycles. The van der Waals surface area contributed by atoms with Crippen molar-refractivity contribution < 1.29 is 42.0 Å². The third-order valence-corrected chi connectivity index (χ3v) is 4.06. The van der Waals surface area contributed by atoms with Crippen LogP contribution < -0.4 is 5.32 Å². The van der Waals surface area contributed by atoms with Gasteiger partial charge in [-0.25, -0.2) is 4.79 Å². The van der Waals surface area contributed by atoms with E-state index < -0.39 is 17.7 Å². The summed E-state index contributed by atoms with van der Waals surface area (Å²) < 4.78 is 59.5. The number of rotatable bonds is 14. The second-order valence-electron chi connectivity index (χ2n) is 6.45. The predicted octanol–water partition coefficient (Wildman–Crippen LogP) is 3.65. The van der Waals surface area contributed by atoms with Gasteiger partial charge in [0.25, 0.3) is 0 Å². The van der Waals surface area contributed by atoms with Crippen molar-refractivity contribution in [2.75, 3.05) is 58.2 Å². The van der Waals surface area contributed by atoms with E-state index in [0.29, 0.717) is 32.1 Å². The number of aliphatic hydroxyl groups is 1. The monoisotopic (exact) mass is 457 g/mol. The minimum Gasteiger partial charge on any atom is -0.460 e. The van der Waals surface area contributed by atoms with Gasteiger partial charge in [-0.1, -0.05) is 18.2 Å². The van der Waals surface area contributed by atoms with E-state index in [0.717, 1.165) is 12.1 Å². The lowest BCUT2D eigenvalue weighted by atomic mass is 10.1. The Morgan fingerprint density at radius 1 is 0.844 bits per heavy atom. The summed E-state index contributed by atoms with van der Waals surface area (Å²) in [5, 5.41) is 11.4. The van der Waals surface area contributed by atoms with Crippen molar-refractivity contribution in [3.8, 4) is 0 Å². The van der Waals surface area contributed by atoms with Gasteiger partial charge in [-0.15, -0.1) is 0 Å². The Labute approximate surface area is 184 Å². The fraction of sp³-hybridized carbons (Fsp3) is 0.409. The number of aliphatic hydroxyl groups excluding tert-OH is 1. The summed E-state index contributed by atoms with van der Waals surface area (Å²) >= 11 is 0. The first kappa shape index (κ1) is 25.6. The average Bonchev–Trinajstić information content (AvgIpc) is 2.77. The highest BCUT2D eigenvalue weighted by Gasteiger charge is 2.30. The molecule has 0 atom stereocenters. The number of halogens is 3. The molecule has 0 amide bonds. The second kappa shape index (κ2) is 13.7. The van der Waals surface area contributed by atoms with Gasteiger partial charge in [0.2, 0.25) is 0 Å². The van der Waals surface area contributed by atoms with Gasteiger partial charge in [-0.05, 0) is 30.3 Å². The third kappa shape index (κ3) is 9.23. The largest absolute Gasteiger partial charge is 0.460 e. The van der Waals surface area contributed by atoms with Crippen LogP contribution in [0.4, 0.5) is 24.5 Å². The zero-order chi connectivity index (χ0) is 23.2. The van der Waals surface area contributed by atoms with Crippen molar-refractivity contribution in [2.45, 2.75) is 6.18 Å². The predicted molar refractivity (Wildman–Crippen MR) is 111 cm³/mol. The second-order valence-corrected chi connectivity index (χ2v) is 6.45. The van der Waals surface area contributed by atoms with Crippen molar-refractivity contribution in [1.82, 2.24) is 0 Å². The number of alkyl halides is 3. The number of nitrogens with one attached hydrogen (secondary N) is 1. The van der Waals surface area contributed by atoms with E-state index in [1.54, 1.807) is 18.2 Å². The van der Waals surface area contributed by atoms with Gasteiger partial charge >= 0.3 is 12.1 Å². The number of esters is 1. The van der Waals surface area contributed by atoms with Crippen LogP contribution in [0.2, 0.25) is 0 Å². The molecule has 2 aromatic carbocycles. The minimum atomic E-state index is -4.46. The summed E-state index contributed by atoms with van der Waals surface area (Å²) in [5.74, 6) is -0.624. The number of benzene rings is 2. The molecule has 2 rings (SSSR count). The highest BCUT2D eigenvalue weighted by molar-refractivity contribution is 5.96. The SMILES string of the molecule is O=C(OCCOCCOCCOCCO)c1ccccc1Nc1cccc(C(F)(F)F)c1. The van der Waals surface area contributed by atoms with Crippen LogP contribution in [0, 0.1) is 0 Å². The maximum absolute atomic E-state index is 12.9. The van der Waals surface area contributed by atoms with Crippen molar-refractivity contribution >= 4 is 17.3 Å². The van der Waals surface area contributed by atoms with Crippen molar-refractivity contribution in [3.05, 3.63) is 59.7 Å². The van der Waals surface area contributed by atoms with E-state index in [4.69, 9.17) is 24.1 Å². The molecule has 0 unspecified atom stereocenters. The number of carbonyl (C=O) groups is 1. The number of hydrogen-bond donors (Lipinski definition) is 2. The summed E-state index contributed by atoms with van der Waals surface area (Å²) in [6.07, 6.45) is -4.46. The van der Waals surface area contributed by atoms with E-state index >= 15 is 0 Å². The van der Waals surface area contributed by atoms with Crippen LogP contribution in [-0.4, -0.2) is 63.9 Å². The van der Waals surface area contributed by atoms with Crippen LogP contribution in [0.15, 0.2) is 48.5 Å². The Balaban J connectivity index is 1.76. The molecule has 2 N–H and O–H groups in total. The van der Waals surface area contributed by atoms with Gasteiger partial charge < -0.3 is 29.4 Å². The van der Waals surface area contributed by atoms with E-state index in [-0.39, 0.29) is 37.7 Å². The van der Waals surface area contributed by atoms with Crippen LogP contribution in [0.25, 0.3) is 0 Å². The summed E-state index contributed by atoms with van der Waals surface area (Å²) in [4.78, 5) is 12.4. The molecule has 0 saturated heterocycles. The number of hydrogen-bond acceptors (Lipinski definition) is 7. The van der Waals surface area contributed by atoms with Gasteiger partial charge in [0.1, 0.15) is 6.61 Å². The first-order chi connectivity index (χ1) is 15.4. The third-order valence-electron chi connectivity index (χ3n) is 4.06. The van der Waals surface area contributed by atoms with Crippen LogP contribution >= 0.6 is 0 Å². The van der Waals surface area contributed by atoms with Crippen LogP contribution in [0.1, 0.15) is 15.9 Å². The molecule has 0 spiro atoms. The number of para-hydroxylation sites is 1. The molecule has 0 heterocycles. The normalized spacial score (nSPS) is 11.4. The molecule has 176 valence electrons. The molecule has 0 fully saturated rings. The van der Waals surface area contributed by atoms with Gasteiger partial charge in [-0.3, -0.25) is 0 Å². The van der Waals surface area contributed by atoms with Crippen LogP contribution in [-0.2, 0) is 25.1 Å². The average molecular weight is 457 g/mol. The Hall–Kier alpha value is -2.66. The molecular formula is C22H26F3NO6. The summed E-state index contributed by atoms with van der Waals surface area (Å²) in [6.45, 7) is 1.83. The molecule has 0 aliphatic rings. The molecular weight excluding hydrogens is 431 g/mol. The standard InChI is InChI=1S/C22H26F3NO6/c23-22(24,25)17-4-3-5-18(16-17)26-20-7-2-1-6-19(20)21(28)32-15-14-31-13-12-30-11-10-29-9-8-27/h1-7,16,26-27H,8-15H2. The highest BCUT2D eigenvalue weighted by Crippen LogP contribution is 2.31. The van der Waals surface area contributed by atoms with Crippen molar-refractivity contribution in [1.29, 1.82) is 0 Å². The van der Waals surface area contributed by atoms with E-state index in [1.165, 1.54) is 18.2 Å². The maximum atomic E-state index is 12.9. The first-order valence-electron chi connectivity index (χ1n) is 9.96. The number of anilines is 2. The molecule has 32 heavy (non-hydrogen) atoms. The van der Waals surface area contributed by atoms with Crippen LogP contribution in [0.3, 0.4) is 0 Å². The van der Waals surface area contributed by atoms with E-state index in [1.807, 2.05) is 0 Å². The van der Waals surface area contributed by atoms with Gasteiger partial charge in [-0.2, -0.15) is 13.2 Å². The first-order valence-corrected chi connectivity index (χ1v) is 9.96. The lowest BCUT2D eigenvalue weighted by molar-refractivity contribution is -0.137. The lowest BCUT2D eigenvalue weighted by Gasteiger charge is -2.13. The van der Waals surface area contributed by atoms with Crippen molar-refractivity contribution in [2.24, 2.45) is 0 Å². The van der Waals surface area contributed by atoms with E-state index in [2.05, 4.69) is 5.32 Å².